The molecule has 0 heterocycles. The van der Waals surface area contributed by atoms with Crippen LogP contribution in [0.15, 0.2) is 52.0 Å². The third-order valence-electron chi connectivity index (χ3n) is 2.63. The summed E-state index contributed by atoms with van der Waals surface area (Å²) in [5.74, 6) is -0.809. The van der Waals surface area contributed by atoms with Crippen LogP contribution in [0.3, 0.4) is 0 Å². The van der Waals surface area contributed by atoms with Gasteiger partial charge in [0.1, 0.15) is 5.82 Å². The Kier molecular flexibility index (Phi) is 4.63. The van der Waals surface area contributed by atoms with Gasteiger partial charge < -0.3 is 0 Å². The van der Waals surface area contributed by atoms with Crippen molar-refractivity contribution >= 4 is 28.1 Å². The smallest absolute Gasteiger partial charge is 0.267 e. The molecule has 0 spiro atoms. The second-order valence-electron chi connectivity index (χ2n) is 4.23. The van der Waals surface area contributed by atoms with E-state index in [4.69, 9.17) is 0 Å². The molecule has 0 unspecified atom stereocenters. The third-order valence-corrected chi connectivity index (χ3v) is 3.29. The topological polar surface area (TPSA) is 41.5 Å². The summed E-state index contributed by atoms with van der Waals surface area (Å²) in [4.78, 5) is 11.8. The predicted octanol–water partition coefficient (Wildman–Crippen LogP) is 3.66. The van der Waals surface area contributed by atoms with Gasteiger partial charge in [-0.2, -0.15) is 5.10 Å². The summed E-state index contributed by atoms with van der Waals surface area (Å²) in [6.07, 6.45) is 1.55. The normalized spacial score (nSPS) is 10.8. The lowest BCUT2D eigenvalue weighted by atomic mass is 10.2. The van der Waals surface area contributed by atoms with Crippen molar-refractivity contribution in [1.29, 1.82) is 0 Å². The molecule has 0 aliphatic heterocycles. The number of hydrogen-bond donors (Lipinski definition) is 1. The Morgan fingerprint density at radius 1 is 1.25 bits per heavy atom. The summed E-state index contributed by atoms with van der Waals surface area (Å²) in [6.45, 7) is 1.99. The number of halogens is 2. The molecular formula is C15H12BrFN2O. The monoisotopic (exact) mass is 334 g/mol. The quantitative estimate of drug-likeness (QED) is 0.675. The number of benzene rings is 2. The summed E-state index contributed by atoms with van der Waals surface area (Å²) in [5.41, 5.74) is 4.76. The molecule has 0 saturated heterocycles. The lowest BCUT2D eigenvalue weighted by Crippen LogP contribution is -2.18. The van der Waals surface area contributed by atoms with E-state index in [1.54, 1.807) is 6.21 Å². The van der Waals surface area contributed by atoms with Crippen LogP contribution in [0.4, 0.5) is 4.39 Å². The van der Waals surface area contributed by atoms with E-state index < -0.39 is 11.7 Å². The molecule has 1 N–H and O–H groups in total. The van der Waals surface area contributed by atoms with Gasteiger partial charge in [-0.05, 0) is 46.6 Å². The molecule has 1 amide bonds. The van der Waals surface area contributed by atoms with Crippen molar-refractivity contribution in [2.75, 3.05) is 0 Å². The number of nitrogens with one attached hydrogen (secondary N) is 1. The maximum atomic E-state index is 12.9. The number of carbonyl (C=O) groups is 1. The van der Waals surface area contributed by atoms with Crippen LogP contribution in [0.5, 0.6) is 0 Å². The maximum absolute atomic E-state index is 12.9. The van der Waals surface area contributed by atoms with Gasteiger partial charge in [-0.3, -0.25) is 4.79 Å². The Labute approximate surface area is 124 Å². The first-order chi connectivity index (χ1) is 9.56. The zero-order valence-corrected chi connectivity index (χ0v) is 12.3. The molecule has 20 heavy (non-hydrogen) atoms. The van der Waals surface area contributed by atoms with Crippen LogP contribution in [0.25, 0.3) is 0 Å². The van der Waals surface area contributed by atoms with Crippen LogP contribution >= 0.6 is 15.9 Å². The molecule has 0 atom stereocenters. The number of hydrogen-bond acceptors (Lipinski definition) is 2. The van der Waals surface area contributed by atoms with E-state index in [0.717, 1.165) is 11.1 Å². The Morgan fingerprint density at radius 3 is 2.60 bits per heavy atom. The molecule has 0 aliphatic carbocycles. The van der Waals surface area contributed by atoms with Crippen LogP contribution in [0.2, 0.25) is 0 Å². The first-order valence-electron chi connectivity index (χ1n) is 5.91. The van der Waals surface area contributed by atoms with E-state index >= 15 is 0 Å². The molecule has 0 fully saturated rings. The summed E-state index contributed by atoms with van der Waals surface area (Å²) in [7, 11) is 0. The molecule has 0 radical (unpaired) electrons. The van der Waals surface area contributed by atoms with Crippen molar-refractivity contribution < 1.29 is 9.18 Å². The Morgan fingerprint density at radius 2 is 1.95 bits per heavy atom. The highest BCUT2D eigenvalue weighted by atomic mass is 79.9. The number of nitrogens with zero attached hydrogens (tertiary/aromatic N) is 1. The van der Waals surface area contributed by atoms with E-state index in [9.17, 15) is 9.18 Å². The first-order valence-corrected chi connectivity index (χ1v) is 6.70. The van der Waals surface area contributed by atoms with E-state index in [1.165, 1.54) is 18.2 Å². The molecule has 3 nitrogen and oxygen atoms in total. The van der Waals surface area contributed by atoms with E-state index in [2.05, 4.69) is 26.5 Å². The van der Waals surface area contributed by atoms with Gasteiger partial charge in [-0.15, -0.1) is 0 Å². The van der Waals surface area contributed by atoms with Crippen LogP contribution in [0, 0.1) is 12.7 Å². The van der Waals surface area contributed by atoms with Crippen molar-refractivity contribution in [2.45, 2.75) is 6.92 Å². The molecule has 0 aromatic heterocycles. The summed E-state index contributed by atoms with van der Waals surface area (Å²) in [6, 6.07) is 11.6. The number of rotatable bonds is 3. The third kappa shape index (κ3) is 3.74. The molecule has 0 aliphatic rings. The van der Waals surface area contributed by atoms with Gasteiger partial charge in [-0.1, -0.05) is 29.8 Å². The molecule has 0 saturated carbocycles. The van der Waals surface area contributed by atoms with Crippen molar-refractivity contribution in [2.24, 2.45) is 5.10 Å². The van der Waals surface area contributed by atoms with Crippen LogP contribution in [-0.4, -0.2) is 12.1 Å². The largest absolute Gasteiger partial charge is 0.272 e. The summed E-state index contributed by atoms with van der Waals surface area (Å²) < 4.78 is 13.3. The highest BCUT2D eigenvalue weighted by molar-refractivity contribution is 9.10. The van der Waals surface area contributed by atoms with Gasteiger partial charge in [-0.25, -0.2) is 9.82 Å². The van der Waals surface area contributed by atoms with Gasteiger partial charge in [0.2, 0.25) is 0 Å². The second kappa shape index (κ2) is 6.43. The van der Waals surface area contributed by atoms with E-state index in [0.29, 0.717) is 10.0 Å². The minimum atomic E-state index is -0.406. The number of carbonyl (C=O) groups excluding carboxylic acids is 1. The summed E-state index contributed by atoms with van der Waals surface area (Å²) in [5, 5.41) is 3.87. The average Bonchev–Trinajstić information content (AvgIpc) is 2.41. The second-order valence-corrected chi connectivity index (χ2v) is 5.09. The molecule has 0 bridgehead atoms. The van der Waals surface area contributed by atoms with Crippen LogP contribution in [0.1, 0.15) is 21.5 Å². The standard InChI is InChI=1S/C15H12BrFN2O/c1-10-2-4-11(5-3-10)9-18-19-15(20)13-7-6-12(17)8-14(13)16/h2-9H,1H3,(H,19,20). The van der Waals surface area contributed by atoms with Crippen molar-refractivity contribution in [3.63, 3.8) is 0 Å². The Bertz CT molecular complexity index is 653. The fourth-order valence-corrected chi connectivity index (χ4v) is 2.08. The first kappa shape index (κ1) is 14.4. The lowest BCUT2D eigenvalue weighted by Gasteiger charge is -2.02. The highest BCUT2D eigenvalue weighted by Crippen LogP contribution is 2.17. The molecular weight excluding hydrogens is 323 g/mol. The molecule has 2 rings (SSSR count). The summed E-state index contributed by atoms with van der Waals surface area (Å²) >= 11 is 3.14. The van der Waals surface area contributed by atoms with Gasteiger partial charge in [0, 0.05) is 4.47 Å². The van der Waals surface area contributed by atoms with E-state index in [-0.39, 0.29) is 0 Å². The minimum absolute atomic E-state index is 0.326. The van der Waals surface area contributed by atoms with Crippen molar-refractivity contribution in [3.05, 3.63) is 69.4 Å². The van der Waals surface area contributed by atoms with Gasteiger partial charge in [0.25, 0.3) is 5.91 Å². The van der Waals surface area contributed by atoms with Crippen LogP contribution < -0.4 is 5.43 Å². The molecule has 5 heteroatoms. The zero-order chi connectivity index (χ0) is 14.5. The van der Waals surface area contributed by atoms with Gasteiger partial charge in [0.05, 0.1) is 11.8 Å². The lowest BCUT2D eigenvalue weighted by molar-refractivity contribution is 0.0954. The minimum Gasteiger partial charge on any atom is -0.267 e. The SMILES string of the molecule is Cc1ccc(C=NNC(=O)c2ccc(F)cc2Br)cc1. The highest BCUT2D eigenvalue weighted by Gasteiger charge is 2.09. The van der Waals surface area contributed by atoms with E-state index in [1.807, 2.05) is 31.2 Å². The van der Waals surface area contributed by atoms with Crippen LogP contribution in [-0.2, 0) is 0 Å². The fourth-order valence-electron chi connectivity index (χ4n) is 1.55. The number of aryl methyl sites for hydroxylation is 1. The predicted molar refractivity (Wildman–Crippen MR) is 80.3 cm³/mol. The molecule has 102 valence electrons. The Hall–Kier alpha value is -2.01. The molecule has 2 aromatic carbocycles. The van der Waals surface area contributed by atoms with Crippen molar-refractivity contribution in [1.82, 2.24) is 5.43 Å². The van der Waals surface area contributed by atoms with Gasteiger partial charge in [0.15, 0.2) is 0 Å². The Balaban J connectivity index is 2.03. The molecule has 2 aromatic rings. The van der Waals surface area contributed by atoms with Gasteiger partial charge >= 0.3 is 0 Å². The fraction of sp³-hybridized carbons (Fsp3) is 0.0667. The van der Waals surface area contributed by atoms with Crippen molar-refractivity contribution in [3.8, 4) is 0 Å². The maximum Gasteiger partial charge on any atom is 0.272 e. The zero-order valence-electron chi connectivity index (χ0n) is 10.7. The average molecular weight is 335 g/mol. The number of amides is 1. The number of hydrazone groups is 1.